The molecule has 0 bridgehead atoms. The SMILES string of the molecule is CCCNC1CCCN(CCC)CC1. The first kappa shape index (κ1) is 12.0. The summed E-state index contributed by atoms with van der Waals surface area (Å²) in [5.74, 6) is 0. The molecule has 0 aromatic carbocycles. The maximum absolute atomic E-state index is 3.65. The average Bonchev–Trinajstić information content (AvgIpc) is 2.41. The predicted molar refractivity (Wildman–Crippen MR) is 62.7 cm³/mol. The fourth-order valence-electron chi connectivity index (χ4n) is 2.25. The summed E-state index contributed by atoms with van der Waals surface area (Å²) in [5.41, 5.74) is 0. The molecule has 0 saturated carbocycles. The van der Waals surface area contributed by atoms with E-state index < -0.39 is 0 Å². The van der Waals surface area contributed by atoms with Crippen molar-refractivity contribution in [1.82, 2.24) is 10.2 Å². The minimum absolute atomic E-state index is 0.789. The molecular weight excluding hydrogens is 172 g/mol. The quantitative estimate of drug-likeness (QED) is 0.729. The Morgan fingerprint density at radius 3 is 2.71 bits per heavy atom. The fourth-order valence-corrected chi connectivity index (χ4v) is 2.25. The monoisotopic (exact) mass is 198 g/mol. The molecule has 1 unspecified atom stereocenters. The van der Waals surface area contributed by atoms with E-state index in [4.69, 9.17) is 0 Å². The van der Waals surface area contributed by atoms with Crippen LogP contribution >= 0.6 is 0 Å². The minimum atomic E-state index is 0.789. The van der Waals surface area contributed by atoms with Crippen LogP contribution in [0.15, 0.2) is 0 Å². The lowest BCUT2D eigenvalue weighted by Gasteiger charge is -2.19. The van der Waals surface area contributed by atoms with Crippen molar-refractivity contribution in [3.8, 4) is 0 Å². The molecule has 1 atom stereocenters. The second kappa shape index (κ2) is 7.24. The highest BCUT2D eigenvalue weighted by molar-refractivity contribution is 4.74. The van der Waals surface area contributed by atoms with Crippen LogP contribution in [-0.2, 0) is 0 Å². The van der Waals surface area contributed by atoms with Crippen LogP contribution in [-0.4, -0.2) is 37.1 Å². The van der Waals surface area contributed by atoms with E-state index >= 15 is 0 Å². The molecule has 0 aromatic rings. The highest BCUT2D eigenvalue weighted by atomic mass is 15.1. The zero-order valence-electron chi connectivity index (χ0n) is 9.89. The van der Waals surface area contributed by atoms with Crippen molar-refractivity contribution in [1.29, 1.82) is 0 Å². The van der Waals surface area contributed by atoms with Gasteiger partial charge in [-0.1, -0.05) is 13.8 Å². The molecule has 0 amide bonds. The number of hydrogen-bond acceptors (Lipinski definition) is 2. The van der Waals surface area contributed by atoms with Gasteiger partial charge in [0.25, 0.3) is 0 Å². The molecule has 1 aliphatic heterocycles. The third-order valence-electron chi connectivity index (χ3n) is 3.04. The average molecular weight is 198 g/mol. The first-order chi connectivity index (χ1) is 6.86. The molecule has 1 heterocycles. The van der Waals surface area contributed by atoms with Gasteiger partial charge in [-0.05, 0) is 58.3 Å². The van der Waals surface area contributed by atoms with Gasteiger partial charge >= 0.3 is 0 Å². The Labute approximate surface area is 89.1 Å². The zero-order chi connectivity index (χ0) is 10.2. The summed E-state index contributed by atoms with van der Waals surface area (Å²) in [6, 6.07) is 0.789. The molecule has 1 saturated heterocycles. The third kappa shape index (κ3) is 4.43. The number of likely N-dealkylation sites (tertiary alicyclic amines) is 1. The lowest BCUT2D eigenvalue weighted by Crippen LogP contribution is -2.31. The molecule has 1 rings (SSSR count). The van der Waals surface area contributed by atoms with Gasteiger partial charge in [-0.15, -0.1) is 0 Å². The van der Waals surface area contributed by atoms with Crippen molar-refractivity contribution in [2.45, 2.75) is 52.0 Å². The van der Waals surface area contributed by atoms with E-state index in [1.807, 2.05) is 0 Å². The highest BCUT2D eigenvalue weighted by Gasteiger charge is 2.15. The summed E-state index contributed by atoms with van der Waals surface area (Å²) >= 11 is 0. The van der Waals surface area contributed by atoms with Gasteiger partial charge in [0, 0.05) is 6.04 Å². The summed E-state index contributed by atoms with van der Waals surface area (Å²) in [5, 5.41) is 3.65. The van der Waals surface area contributed by atoms with Crippen LogP contribution in [0.2, 0.25) is 0 Å². The lowest BCUT2D eigenvalue weighted by molar-refractivity contribution is 0.282. The predicted octanol–water partition coefficient (Wildman–Crippen LogP) is 2.25. The maximum Gasteiger partial charge on any atom is 0.00797 e. The van der Waals surface area contributed by atoms with Crippen LogP contribution in [0.25, 0.3) is 0 Å². The largest absolute Gasteiger partial charge is 0.314 e. The molecule has 2 heteroatoms. The molecule has 0 aromatic heterocycles. The van der Waals surface area contributed by atoms with Crippen LogP contribution in [0.5, 0.6) is 0 Å². The molecular formula is C12H26N2. The van der Waals surface area contributed by atoms with E-state index in [0.717, 1.165) is 6.04 Å². The first-order valence-electron chi connectivity index (χ1n) is 6.32. The molecule has 2 nitrogen and oxygen atoms in total. The summed E-state index contributed by atoms with van der Waals surface area (Å²) in [6.45, 7) is 9.62. The molecule has 1 fully saturated rings. The third-order valence-corrected chi connectivity index (χ3v) is 3.04. The van der Waals surface area contributed by atoms with E-state index in [0.29, 0.717) is 0 Å². The number of rotatable bonds is 5. The number of nitrogens with zero attached hydrogens (tertiary/aromatic N) is 1. The van der Waals surface area contributed by atoms with Crippen molar-refractivity contribution < 1.29 is 0 Å². The second-order valence-corrected chi connectivity index (χ2v) is 4.42. The van der Waals surface area contributed by atoms with Gasteiger partial charge in [0.15, 0.2) is 0 Å². The van der Waals surface area contributed by atoms with Gasteiger partial charge in [0.1, 0.15) is 0 Å². The highest BCUT2D eigenvalue weighted by Crippen LogP contribution is 2.11. The summed E-state index contributed by atoms with van der Waals surface area (Å²) < 4.78 is 0. The van der Waals surface area contributed by atoms with E-state index in [1.165, 1.54) is 58.3 Å². The van der Waals surface area contributed by atoms with Crippen LogP contribution in [0, 0.1) is 0 Å². The van der Waals surface area contributed by atoms with Crippen LogP contribution in [0.4, 0.5) is 0 Å². The Morgan fingerprint density at radius 1 is 1.14 bits per heavy atom. The Balaban J connectivity index is 2.19. The van der Waals surface area contributed by atoms with Crippen molar-refractivity contribution >= 4 is 0 Å². The molecule has 1 N–H and O–H groups in total. The molecule has 1 aliphatic rings. The summed E-state index contributed by atoms with van der Waals surface area (Å²) in [4.78, 5) is 2.62. The lowest BCUT2D eigenvalue weighted by atomic mass is 10.1. The van der Waals surface area contributed by atoms with E-state index in [1.54, 1.807) is 0 Å². The van der Waals surface area contributed by atoms with Gasteiger partial charge in [-0.2, -0.15) is 0 Å². The Morgan fingerprint density at radius 2 is 2.00 bits per heavy atom. The minimum Gasteiger partial charge on any atom is -0.314 e. The smallest absolute Gasteiger partial charge is 0.00797 e. The molecule has 14 heavy (non-hydrogen) atoms. The van der Waals surface area contributed by atoms with Crippen molar-refractivity contribution in [2.75, 3.05) is 26.2 Å². The number of hydrogen-bond donors (Lipinski definition) is 1. The number of nitrogens with one attached hydrogen (secondary N) is 1. The topological polar surface area (TPSA) is 15.3 Å². The Hall–Kier alpha value is -0.0800. The Bertz CT molecular complexity index is 136. The van der Waals surface area contributed by atoms with Gasteiger partial charge < -0.3 is 10.2 Å². The zero-order valence-corrected chi connectivity index (χ0v) is 9.89. The summed E-state index contributed by atoms with van der Waals surface area (Å²) in [6.07, 6.45) is 6.66. The molecule has 0 aliphatic carbocycles. The van der Waals surface area contributed by atoms with Crippen LogP contribution < -0.4 is 5.32 Å². The van der Waals surface area contributed by atoms with Crippen LogP contribution in [0.3, 0.4) is 0 Å². The van der Waals surface area contributed by atoms with E-state index in [2.05, 4.69) is 24.1 Å². The first-order valence-corrected chi connectivity index (χ1v) is 6.32. The maximum atomic E-state index is 3.65. The molecule has 0 radical (unpaired) electrons. The van der Waals surface area contributed by atoms with Gasteiger partial charge in [-0.25, -0.2) is 0 Å². The summed E-state index contributed by atoms with van der Waals surface area (Å²) in [7, 11) is 0. The van der Waals surface area contributed by atoms with Crippen molar-refractivity contribution in [2.24, 2.45) is 0 Å². The van der Waals surface area contributed by atoms with Gasteiger partial charge in [0.05, 0.1) is 0 Å². The van der Waals surface area contributed by atoms with E-state index in [-0.39, 0.29) is 0 Å². The second-order valence-electron chi connectivity index (χ2n) is 4.42. The Kier molecular flexibility index (Phi) is 6.20. The molecule has 0 spiro atoms. The van der Waals surface area contributed by atoms with Crippen molar-refractivity contribution in [3.05, 3.63) is 0 Å². The van der Waals surface area contributed by atoms with Gasteiger partial charge in [-0.3, -0.25) is 0 Å². The van der Waals surface area contributed by atoms with Crippen molar-refractivity contribution in [3.63, 3.8) is 0 Å². The van der Waals surface area contributed by atoms with E-state index in [9.17, 15) is 0 Å². The fraction of sp³-hybridized carbons (Fsp3) is 1.00. The normalized spacial score (nSPS) is 24.9. The standard InChI is InChI=1S/C12H26N2/c1-3-8-13-12-6-5-10-14(9-4-2)11-7-12/h12-13H,3-11H2,1-2H3. The van der Waals surface area contributed by atoms with Gasteiger partial charge in [0.2, 0.25) is 0 Å². The molecule has 84 valence electrons. The van der Waals surface area contributed by atoms with Crippen LogP contribution in [0.1, 0.15) is 46.0 Å².